The van der Waals surface area contributed by atoms with Crippen LogP contribution < -0.4 is 5.32 Å². The molecular weight excluding hydrogens is 274 g/mol. The largest absolute Gasteiger partial charge is 0.314 e. The summed E-state index contributed by atoms with van der Waals surface area (Å²) in [6.07, 6.45) is 5.14. The van der Waals surface area contributed by atoms with Gasteiger partial charge in [-0.15, -0.1) is 0 Å². The van der Waals surface area contributed by atoms with E-state index in [2.05, 4.69) is 19.2 Å². The number of nitrogens with zero attached hydrogens (tertiary/aromatic N) is 2. The minimum atomic E-state index is -3.19. The molecule has 2 saturated heterocycles. The SMILES string of the molecule is CC(C)NCC1CCN(S(=O)(=O)N2CCCCC2)CC1. The molecule has 0 spiro atoms. The molecule has 2 fully saturated rings. The van der Waals surface area contributed by atoms with Gasteiger partial charge in [0, 0.05) is 32.2 Å². The fourth-order valence-corrected chi connectivity index (χ4v) is 4.72. The van der Waals surface area contributed by atoms with Crippen LogP contribution >= 0.6 is 0 Å². The van der Waals surface area contributed by atoms with E-state index in [1.54, 1.807) is 8.61 Å². The molecule has 0 aliphatic carbocycles. The molecule has 0 saturated carbocycles. The van der Waals surface area contributed by atoms with Crippen LogP contribution in [0.1, 0.15) is 46.0 Å². The molecular formula is C14H29N3O2S. The van der Waals surface area contributed by atoms with E-state index in [9.17, 15) is 8.42 Å². The lowest BCUT2D eigenvalue weighted by molar-refractivity contribution is 0.239. The number of hydrogen-bond donors (Lipinski definition) is 1. The molecule has 0 unspecified atom stereocenters. The van der Waals surface area contributed by atoms with Gasteiger partial charge in [0.15, 0.2) is 0 Å². The minimum absolute atomic E-state index is 0.505. The smallest absolute Gasteiger partial charge is 0.281 e. The average Bonchev–Trinajstić information content (AvgIpc) is 2.46. The molecule has 0 amide bonds. The van der Waals surface area contributed by atoms with Crippen LogP contribution in [0.3, 0.4) is 0 Å². The molecule has 0 aromatic carbocycles. The lowest BCUT2D eigenvalue weighted by Gasteiger charge is -2.36. The Morgan fingerprint density at radius 2 is 1.55 bits per heavy atom. The monoisotopic (exact) mass is 303 g/mol. The molecule has 6 heteroatoms. The molecule has 0 atom stereocenters. The van der Waals surface area contributed by atoms with E-state index in [4.69, 9.17) is 0 Å². The Balaban J connectivity index is 1.83. The van der Waals surface area contributed by atoms with Gasteiger partial charge in [0.1, 0.15) is 0 Å². The van der Waals surface area contributed by atoms with E-state index in [1.165, 1.54) is 0 Å². The first kappa shape index (κ1) is 16.2. The topological polar surface area (TPSA) is 52.7 Å². The lowest BCUT2D eigenvalue weighted by Crippen LogP contribution is -2.49. The third-order valence-corrected chi connectivity index (χ3v) is 6.39. The standard InChI is InChI=1S/C14H29N3O2S/c1-13(2)15-12-14-6-10-17(11-7-14)20(18,19)16-8-4-3-5-9-16/h13-15H,3-12H2,1-2H3. The fraction of sp³-hybridized carbons (Fsp3) is 1.00. The van der Waals surface area contributed by atoms with Gasteiger partial charge in [-0.1, -0.05) is 20.3 Å². The fourth-order valence-electron chi connectivity index (χ4n) is 3.01. The molecule has 0 radical (unpaired) electrons. The molecule has 0 aromatic heterocycles. The Bertz CT molecular complexity index is 383. The van der Waals surface area contributed by atoms with Crippen molar-refractivity contribution in [3.63, 3.8) is 0 Å². The maximum Gasteiger partial charge on any atom is 0.281 e. The number of rotatable bonds is 5. The van der Waals surface area contributed by atoms with Gasteiger partial charge in [0.2, 0.25) is 0 Å². The quantitative estimate of drug-likeness (QED) is 0.836. The summed E-state index contributed by atoms with van der Waals surface area (Å²) in [6.45, 7) is 8.09. The van der Waals surface area contributed by atoms with Crippen LogP contribution in [-0.4, -0.2) is 55.8 Å². The molecule has 0 aromatic rings. The predicted molar refractivity (Wildman–Crippen MR) is 81.8 cm³/mol. The average molecular weight is 303 g/mol. The van der Waals surface area contributed by atoms with Crippen LogP contribution in [0.25, 0.3) is 0 Å². The molecule has 5 nitrogen and oxygen atoms in total. The van der Waals surface area contributed by atoms with Crippen molar-refractivity contribution in [2.24, 2.45) is 5.92 Å². The highest BCUT2D eigenvalue weighted by Crippen LogP contribution is 2.23. The normalized spacial score (nSPS) is 24.4. The Labute approximate surface area is 123 Å². The first-order valence-corrected chi connectivity index (χ1v) is 9.38. The van der Waals surface area contributed by atoms with Crippen molar-refractivity contribution < 1.29 is 8.42 Å². The van der Waals surface area contributed by atoms with E-state index in [1.807, 2.05) is 0 Å². The van der Waals surface area contributed by atoms with Gasteiger partial charge >= 0.3 is 0 Å². The number of hydrogen-bond acceptors (Lipinski definition) is 3. The van der Waals surface area contributed by atoms with Gasteiger partial charge < -0.3 is 5.32 Å². The van der Waals surface area contributed by atoms with Crippen LogP contribution in [0.2, 0.25) is 0 Å². The minimum Gasteiger partial charge on any atom is -0.314 e. The van der Waals surface area contributed by atoms with Crippen molar-refractivity contribution in [1.82, 2.24) is 13.9 Å². The first-order chi connectivity index (χ1) is 9.50. The second-order valence-electron chi connectivity index (χ2n) is 6.37. The van der Waals surface area contributed by atoms with Crippen LogP contribution in [0, 0.1) is 5.92 Å². The number of nitrogens with one attached hydrogen (secondary N) is 1. The highest BCUT2D eigenvalue weighted by molar-refractivity contribution is 7.86. The summed E-state index contributed by atoms with van der Waals surface area (Å²) in [5, 5.41) is 3.45. The van der Waals surface area contributed by atoms with Crippen LogP contribution in [0.5, 0.6) is 0 Å². The molecule has 118 valence electrons. The third-order valence-electron chi connectivity index (χ3n) is 4.36. The summed E-state index contributed by atoms with van der Waals surface area (Å²) in [5.74, 6) is 0.616. The highest BCUT2D eigenvalue weighted by Gasteiger charge is 2.33. The van der Waals surface area contributed by atoms with Crippen molar-refractivity contribution in [3.8, 4) is 0 Å². The second-order valence-corrected chi connectivity index (χ2v) is 8.30. The maximum absolute atomic E-state index is 12.5. The molecule has 2 rings (SSSR count). The summed E-state index contributed by atoms with van der Waals surface area (Å²) in [7, 11) is -3.19. The Morgan fingerprint density at radius 3 is 2.10 bits per heavy atom. The molecule has 0 bridgehead atoms. The third kappa shape index (κ3) is 4.16. The van der Waals surface area contributed by atoms with Gasteiger partial charge in [-0.25, -0.2) is 0 Å². The van der Waals surface area contributed by atoms with Crippen LogP contribution in [-0.2, 0) is 10.2 Å². The van der Waals surface area contributed by atoms with E-state index >= 15 is 0 Å². The van der Waals surface area contributed by atoms with Crippen molar-refractivity contribution in [2.75, 3.05) is 32.7 Å². The lowest BCUT2D eigenvalue weighted by atomic mass is 9.98. The van der Waals surface area contributed by atoms with Gasteiger partial charge in [-0.2, -0.15) is 17.0 Å². The molecule has 2 aliphatic heterocycles. The van der Waals surface area contributed by atoms with Crippen molar-refractivity contribution in [3.05, 3.63) is 0 Å². The molecule has 2 heterocycles. The summed E-state index contributed by atoms with van der Waals surface area (Å²) in [4.78, 5) is 0. The predicted octanol–water partition coefficient (Wildman–Crippen LogP) is 1.43. The molecule has 1 N–H and O–H groups in total. The van der Waals surface area contributed by atoms with Crippen molar-refractivity contribution in [1.29, 1.82) is 0 Å². The first-order valence-electron chi connectivity index (χ1n) is 7.99. The van der Waals surface area contributed by atoms with Gasteiger partial charge in [-0.05, 0) is 38.1 Å². The van der Waals surface area contributed by atoms with Crippen LogP contribution in [0.4, 0.5) is 0 Å². The van der Waals surface area contributed by atoms with Gasteiger partial charge in [0.05, 0.1) is 0 Å². The highest BCUT2D eigenvalue weighted by atomic mass is 32.2. The van der Waals surface area contributed by atoms with Gasteiger partial charge in [0.25, 0.3) is 10.2 Å². The summed E-state index contributed by atoms with van der Waals surface area (Å²) in [6, 6.07) is 0.505. The second kappa shape index (κ2) is 7.20. The van der Waals surface area contributed by atoms with Crippen molar-refractivity contribution in [2.45, 2.75) is 52.0 Å². The Hall–Kier alpha value is -0.170. The zero-order chi connectivity index (χ0) is 14.6. The molecule has 20 heavy (non-hydrogen) atoms. The Kier molecular flexibility index (Phi) is 5.84. The van der Waals surface area contributed by atoms with E-state index < -0.39 is 10.2 Å². The zero-order valence-electron chi connectivity index (χ0n) is 12.8. The van der Waals surface area contributed by atoms with E-state index in [-0.39, 0.29) is 0 Å². The number of piperidine rings is 2. The summed E-state index contributed by atoms with van der Waals surface area (Å²) < 4.78 is 28.5. The Morgan fingerprint density at radius 1 is 1.00 bits per heavy atom. The maximum atomic E-state index is 12.5. The van der Waals surface area contributed by atoms with Gasteiger partial charge in [-0.3, -0.25) is 0 Å². The summed E-state index contributed by atoms with van der Waals surface area (Å²) >= 11 is 0. The zero-order valence-corrected chi connectivity index (χ0v) is 13.7. The van der Waals surface area contributed by atoms with E-state index in [0.29, 0.717) is 38.1 Å². The van der Waals surface area contributed by atoms with Crippen molar-refractivity contribution >= 4 is 10.2 Å². The molecule has 2 aliphatic rings. The summed E-state index contributed by atoms with van der Waals surface area (Å²) in [5.41, 5.74) is 0. The van der Waals surface area contributed by atoms with E-state index in [0.717, 1.165) is 38.6 Å². The van der Waals surface area contributed by atoms with Crippen LogP contribution in [0.15, 0.2) is 0 Å².